The van der Waals surface area contributed by atoms with Crippen LogP contribution < -0.4 is 0 Å². The van der Waals surface area contributed by atoms with Gasteiger partial charge in [0.1, 0.15) is 6.29 Å². The molecule has 15 heavy (non-hydrogen) atoms. The highest BCUT2D eigenvalue weighted by Crippen LogP contribution is 2.16. The van der Waals surface area contributed by atoms with Crippen LogP contribution in [0.1, 0.15) is 5.56 Å². The van der Waals surface area contributed by atoms with Gasteiger partial charge in [-0.2, -0.15) is 0 Å². The molecule has 2 rings (SSSR count). The maximum atomic E-state index is 10.1. The molecule has 0 unspecified atom stereocenters. The zero-order valence-corrected chi connectivity index (χ0v) is 7.83. The molecule has 0 amide bonds. The van der Waals surface area contributed by atoms with Gasteiger partial charge in [-0.05, 0) is 23.8 Å². The summed E-state index contributed by atoms with van der Waals surface area (Å²) in [5, 5.41) is 7.38. The fourth-order valence-corrected chi connectivity index (χ4v) is 1.19. The van der Waals surface area contributed by atoms with Crippen LogP contribution >= 0.6 is 0 Å². The number of rotatable bonds is 3. The average molecular weight is 200 g/mol. The second-order valence-corrected chi connectivity index (χ2v) is 2.86. The zero-order chi connectivity index (χ0) is 10.5. The number of aldehydes is 1. The predicted molar refractivity (Wildman–Crippen MR) is 54.8 cm³/mol. The smallest absolute Gasteiger partial charge is 0.247 e. The van der Waals surface area contributed by atoms with Crippen molar-refractivity contribution >= 4 is 12.4 Å². The lowest BCUT2D eigenvalue weighted by Gasteiger charge is -1.95. The highest BCUT2D eigenvalue weighted by Gasteiger charge is 2.01. The van der Waals surface area contributed by atoms with Gasteiger partial charge in [-0.3, -0.25) is 4.79 Å². The maximum Gasteiger partial charge on any atom is 0.247 e. The van der Waals surface area contributed by atoms with E-state index in [1.807, 2.05) is 24.3 Å². The molecule has 4 nitrogen and oxygen atoms in total. The number of hydrogen-bond acceptors (Lipinski definition) is 4. The van der Waals surface area contributed by atoms with E-state index in [1.165, 1.54) is 12.5 Å². The van der Waals surface area contributed by atoms with Crippen molar-refractivity contribution in [2.75, 3.05) is 0 Å². The van der Waals surface area contributed by atoms with E-state index in [2.05, 4.69) is 10.2 Å². The Bertz CT molecular complexity index is 458. The van der Waals surface area contributed by atoms with E-state index in [1.54, 1.807) is 6.08 Å². The first-order valence-corrected chi connectivity index (χ1v) is 4.38. The van der Waals surface area contributed by atoms with Gasteiger partial charge in [0.25, 0.3) is 0 Å². The van der Waals surface area contributed by atoms with Crippen LogP contribution in [0.25, 0.3) is 17.5 Å². The highest BCUT2D eigenvalue weighted by atomic mass is 16.4. The van der Waals surface area contributed by atoms with E-state index >= 15 is 0 Å². The van der Waals surface area contributed by atoms with Crippen LogP contribution in [0.4, 0.5) is 0 Å². The van der Waals surface area contributed by atoms with E-state index in [9.17, 15) is 4.79 Å². The van der Waals surface area contributed by atoms with Crippen molar-refractivity contribution in [3.05, 3.63) is 42.3 Å². The van der Waals surface area contributed by atoms with E-state index in [4.69, 9.17) is 4.42 Å². The molecular formula is C11H8N2O2. The Hall–Kier alpha value is -2.23. The normalized spacial score (nSPS) is 10.7. The molecule has 1 heterocycles. The summed E-state index contributed by atoms with van der Waals surface area (Å²) in [5.41, 5.74) is 1.81. The van der Waals surface area contributed by atoms with Crippen LogP contribution in [0.3, 0.4) is 0 Å². The molecule has 0 radical (unpaired) electrons. The van der Waals surface area contributed by atoms with E-state index in [-0.39, 0.29) is 0 Å². The summed E-state index contributed by atoms with van der Waals surface area (Å²) in [5.74, 6) is 0.487. The molecule has 0 saturated heterocycles. The second-order valence-electron chi connectivity index (χ2n) is 2.86. The lowest BCUT2D eigenvalue weighted by atomic mass is 10.1. The van der Waals surface area contributed by atoms with Crippen molar-refractivity contribution in [1.29, 1.82) is 0 Å². The monoisotopic (exact) mass is 200 g/mol. The predicted octanol–water partition coefficient (Wildman–Crippen LogP) is 1.95. The van der Waals surface area contributed by atoms with Gasteiger partial charge in [-0.1, -0.05) is 18.2 Å². The first kappa shape index (κ1) is 9.33. The molecule has 74 valence electrons. The molecule has 0 aliphatic heterocycles. The lowest BCUT2D eigenvalue weighted by molar-refractivity contribution is -0.104. The number of benzene rings is 1. The Morgan fingerprint density at radius 1 is 1.20 bits per heavy atom. The molecular weight excluding hydrogens is 192 g/mol. The molecule has 0 spiro atoms. The number of carbonyl (C=O) groups is 1. The Balaban J connectivity index is 2.24. The number of aromatic nitrogens is 2. The third-order valence-corrected chi connectivity index (χ3v) is 1.88. The van der Waals surface area contributed by atoms with Gasteiger partial charge in [0, 0.05) is 5.56 Å². The SMILES string of the molecule is O=CC=Cc1ccc(-c2nnco2)cc1. The number of allylic oxidation sites excluding steroid dienone is 1. The van der Waals surface area contributed by atoms with Crippen LogP contribution in [0.15, 0.2) is 41.2 Å². The van der Waals surface area contributed by atoms with Crippen LogP contribution in [0.2, 0.25) is 0 Å². The molecule has 0 aliphatic carbocycles. The van der Waals surface area contributed by atoms with Crippen molar-refractivity contribution in [1.82, 2.24) is 10.2 Å². The first-order valence-electron chi connectivity index (χ1n) is 4.38. The third-order valence-electron chi connectivity index (χ3n) is 1.88. The summed E-state index contributed by atoms with van der Waals surface area (Å²) >= 11 is 0. The minimum atomic E-state index is 0.487. The summed E-state index contributed by atoms with van der Waals surface area (Å²) in [6.45, 7) is 0. The summed E-state index contributed by atoms with van der Waals surface area (Å²) in [4.78, 5) is 10.1. The van der Waals surface area contributed by atoms with Gasteiger partial charge < -0.3 is 4.42 Å². The molecule has 0 atom stereocenters. The molecule has 0 fully saturated rings. The Morgan fingerprint density at radius 3 is 2.60 bits per heavy atom. The van der Waals surface area contributed by atoms with Gasteiger partial charge in [0.05, 0.1) is 0 Å². The van der Waals surface area contributed by atoms with Gasteiger partial charge in [-0.15, -0.1) is 10.2 Å². The molecule has 0 saturated carbocycles. The average Bonchev–Trinajstić information content (AvgIpc) is 2.80. The van der Waals surface area contributed by atoms with Gasteiger partial charge in [0.2, 0.25) is 12.3 Å². The van der Waals surface area contributed by atoms with Crippen molar-refractivity contribution in [2.45, 2.75) is 0 Å². The van der Waals surface area contributed by atoms with E-state index in [0.29, 0.717) is 5.89 Å². The molecule has 1 aromatic heterocycles. The van der Waals surface area contributed by atoms with Crippen molar-refractivity contribution in [2.24, 2.45) is 0 Å². The number of hydrogen-bond donors (Lipinski definition) is 0. The summed E-state index contributed by atoms with van der Waals surface area (Å²) in [7, 11) is 0. The quantitative estimate of drug-likeness (QED) is 0.561. The molecule has 0 aliphatic rings. The molecule has 2 aromatic rings. The minimum absolute atomic E-state index is 0.487. The highest BCUT2D eigenvalue weighted by molar-refractivity contribution is 5.74. The molecule has 1 aromatic carbocycles. The largest absolute Gasteiger partial charge is 0.423 e. The maximum absolute atomic E-state index is 10.1. The van der Waals surface area contributed by atoms with Gasteiger partial charge in [0.15, 0.2) is 0 Å². The number of nitrogens with zero attached hydrogens (tertiary/aromatic N) is 2. The zero-order valence-electron chi connectivity index (χ0n) is 7.83. The Morgan fingerprint density at radius 2 is 2.00 bits per heavy atom. The van der Waals surface area contributed by atoms with Crippen molar-refractivity contribution < 1.29 is 9.21 Å². The van der Waals surface area contributed by atoms with E-state index in [0.717, 1.165) is 17.4 Å². The van der Waals surface area contributed by atoms with Crippen molar-refractivity contribution in [3.63, 3.8) is 0 Å². The van der Waals surface area contributed by atoms with Crippen molar-refractivity contribution in [3.8, 4) is 11.5 Å². The van der Waals surface area contributed by atoms with E-state index < -0.39 is 0 Å². The standard InChI is InChI=1S/C11H8N2O2/c14-7-1-2-9-3-5-10(6-4-9)11-13-12-8-15-11/h1-8H. The van der Waals surface area contributed by atoms with Gasteiger partial charge in [-0.25, -0.2) is 0 Å². The number of carbonyl (C=O) groups excluding carboxylic acids is 1. The van der Waals surface area contributed by atoms with Crippen LogP contribution in [-0.2, 0) is 4.79 Å². The summed E-state index contributed by atoms with van der Waals surface area (Å²) in [6.07, 6.45) is 5.20. The molecule has 0 N–H and O–H groups in total. The fourth-order valence-electron chi connectivity index (χ4n) is 1.19. The Labute approximate surface area is 86.3 Å². The second kappa shape index (κ2) is 4.32. The minimum Gasteiger partial charge on any atom is -0.423 e. The first-order chi connectivity index (χ1) is 7.40. The van der Waals surface area contributed by atoms with Crippen LogP contribution in [0.5, 0.6) is 0 Å². The lowest BCUT2D eigenvalue weighted by Crippen LogP contribution is -1.78. The molecule has 4 heteroatoms. The fraction of sp³-hybridized carbons (Fsp3) is 0. The Kier molecular flexibility index (Phi) is 2.69. The van der Waals surface area contributed by atoms with Gasteiger partial charge >= 0.3 is 0 Å². The summed E-state index contributed by atoms with van der Waals surface area (Å²) in [6, 6.07) is 7.47. The van der Waals surface area contributed by atoms with Crippen LogP contribution in [0, 0.1) is 0 Å². The molecule has 0 bridgehead atoms. The van der Waals surface area contributed by atoms with Crippen LogP contribution in [-0.4, -0.2) is 16.5 Å². The third kappa shape index (κ3) is 2.17. The summed E-state index contributed by atoms with van der Waals surface area (Å²) < 4.78 is 5.04. The topological polar surface area (TPSA) is 56.0 Å².